The topological polar surface area (TPSA) is 108 Å². The highest BCUT2D eigenvalue weighted by molar-refractivity contribution is 5.76. The van der Waals surface area contributed by atoms with Crippen molar-refractivity contribution in [3.63, 3.8) is 0 Å². The fourth-order valence-corrected chi connectivity index (χ4v) is 2.31. The molecule has 24 heavy (non-hydrogen) atoms. The Kier molecular flexibility index (Phi) is 6.47. The van der Waals surface area contributed by atoms with E-state index in [1.165, 1.54) is 0 Å². The molecular formula is C15H24N6O3. The van der Waals surface area contributed by atoms with E-state index in [2.05, 4.69) is 20.6 Å². The van der Waals surface area contributed by atoms with Gasteiger partial charge in [0.1, 0.15) is 24.3 Å². The van der Waals surface area contributed by atoms with Crippen LogP contribution in [0.25, 0.3) is 11.0 Å². The molecule has 0 aliphatic rings. The summed E-state index contributed by atoms with van der Waals surface area (Å²) in [6.07, 6.45) is -0.368. The van der Waals surface area contributed by atoms with Crippen molar-refractivity contribution in [2.24, 2.45) is 0 Å². The van der Waals surface area contributed by atoms with Crippen molar-refractivity contribution in [1.82, 2.24) is 25.5 Å². The van der Waals surface area contributed by atoms with Crippen LogP contribution >= 0.6 is 0 Å². The summed E-state index contributed by atoms with van der Waals surface area (Å²) in [5, 5.41) is 16.4. The SMILES string of the molecule is CNC(C[N+](=O)[O-])NCCOc1ccc2nc(CN(C)C)[nH]c2c1. The first-order valence-electron chi connectivity index (χ1n) is 7.76. The minimum atomic E-state index is -0.368. The monoisotopic (exact) mass is 336 g/mol. The summed E-state index contributed by atoms with van der Waals surface area (Å²) >= 11 is 0. The van der Waals surface area contributed by atoms with Crippen LogP contribution in [-0.4, -0.2) is 66.8 Å². The van der Waals surface area contributed by atoms with Gasteiger partial charge in [-0.1, -0.05) is 0 Å². The number of fused-ring (bicyclic) bond motifs is 1. The van der Waals surface area contributed by atoms with E-state index in [0.29, 0.717) is 13.2 Å². The van der Waals surface area contributed by atoms with Crippen molar-refractivity contribution in [3.05, 3.63) is 34.1 Å². The van der Waals surface area contributed by atoms with Gasteiger partial charge in [0, 0.05) is 17.5 Å². The van der Waals surface area contributed by atoms with Gasteiger partial charge in [0.2, 0.25) is 6.54 Å². The third-order valence-corrected chi connectivity index (χ3v) is 3.41. The van der Waals surface area contributed by atoms with Gasteiger partial charge in [-0.3, -0.25) is 20.7 Å². The number of benzene rings is 1. The predicted molar refractivity (Wildman–Crippen MR) is 91.7 cm³/mol. The molecule has 1 aromatic heterocycles. The number of ether oxygens (including phenoxy) is 1. The molecule has 1 unspecified atom stereocenters. The molecule has 0 saturated carbocycles. The highest BCUT2D eigenvalue weighted by atomic mass is 16.6. The van der Waals surface area contributed by atoms with Crippen LogP contribution in [0.2, 0.25) is 0 Å². The number of nitrogens with zero attached hydrogens (tertiary/aromatic N) is 3. The fraction of sp³-hybridized carbons (Fsp3) is 0.533. The van der Waals surface area contributed by atoms with E-state index in [-0.39, 0.29) is 17.6 Å². The molecule has 9 heteroatoms. The van der Waals surface area contributed by atoms with Gasteiger partial charge in [-0.25, -0.2) is 4.98 Å². The summed E-state index contributed by atoms with van der Waals surface area (Å²) in [5.41, 5.74) is 1.83. The zero-order valence-corrected chi connectivity index (χ0v) is 14.2. The summed E-state index contributed by atoms with van der Waals surface area (Å²) in [5.74, 6) is 1.64. The van der Waals surface area contributed by atoms with E-state index < -0.39 is 0 Å². The van der Waals surface area contributed by atoms with Gasteiger partial charge >= 0.3 is 0 Å². The lowest BCUT2D eigenvalue weighted by Gasteiger charge is -2.14. The van der Waals surface area contributed by atoms with Crippen LogP contribution in [-0.2, 0) is 6.54 Å². The average molecular weight is 336 g/mol. The number of nitrogens with one attached hydrogen (secondary N) is 3. The van der Waals surface area contributed by atoms with E-state index in [4.69, 9.17) is 4.74 Å². The molecule has 0 saturated heterocycles. The molecule has 0 aliphatic heterocycles. The quantitative estimate of drug-likeness (QED) is 0.250. The maximum absolute atomic E-state index is 10.5. The zero-order valence-electron chi connectivity index (χ0n) is 14.2. The van der Waals surface area contributed by atoms with E-state index in [1.807, 2.05) is 37.2 Å². The number of likely N-dealkylation sites (N-methyl/N-ethyl adjacent to an activating group) is 1. The van der Waals surface area contributed by atoms with Gasteiger partial charge in [0.15, 0.2) is 0 Å². The molecule has 0 radical (unpaired) electrons. The second-order valence-electron chi connectivity index (χ2n) is 5.76. The number of rotatable bonds is 10. The Bertz CT molecular complexity index is 672. The molecule has 0 aliphatic carbocycles. The van der Waals surface area contributed by atoms with Crippen molar-refractivity contribution in [2.45, 2.75) is 12.7 Å². The van der Waals surface area contributed by atoms with Crippen LogP contribution in [0.4, 0.5) is 0 Å². The summed E-state index contributed by atoms with van der Waals surface area (Å²) in [6, 6.07) is 5.69. The molecule has 1 aromatic carbocycles. The summed E-state index contributed by atoms with van der Waals surface area (Å²) in [7, 11) is 5.66. The van der Waals surface area contributed by atoms with E-state index in [9.17, 15) is 10.1 Å². The minimum absolute atomic E-state index is 0.175. The van der Waals surface area contributed by atoms with Gasteiger partial charge in [0.05, 0.1) is 17.6 Å². The minimum Gasteiger partial charge on any atom is -0.492 e. The molecule has 0 spiro atoms. The lowest BCUT2D eigenvalue weighted by atomic mass is 10.3. The Balaban J connectivity index is 1.85. The van der Waals surface area contributed by atoms with Crippen molar-refractivity contribution in [3.8, 4) is 5.75 Å². The highest BCUT2D eigenvalue weighted by Gasteiger charge is 2.11. The van der Waals surface area contributed by atoms with E-state index in [1.54, 1.807) is 7.05 Å². The molecule has 3 N–H and O–H groups in total. The number of hydrogen-bond donors (Lipinski definition) is 3. The number of aromatic amines is 1. The highest BCUT2D eigenvalue weighted by Crippen LogP contribution is 2.19. The molecule has 0 bridgehead atoms. The van der Waals surface area contributed by atoms with Crippen LogP contribution in [0.3, 0.4) is 0 Å². The number of imidazole rings is 1. The van der Waals surface area contributed by atoms with Gasteiger partial charge in [-0.05, 0) is 33.3 Å². The van der Waals surface area contributed by atoms with Crippen LogP contribution in [0.1, 0.15) is 5.82 Å². The second kappa shape index (κ2) is 8.57. The molecule has 132 valence electrons. The average Bonchev–Trinajstić information content (AvgIpc) is 2.90. The number of nitro groups is 1. The Morgan fingerprint density at radius 1 is 1.46 bits per heavy atom. The van der Waals surface area contributed by atoms with Gasteiger partial charge in [-0.2, -0.15) is 0 Å². The predicted octanol–water partition coefficient (Wildman–Crippen LogP) is 0.415. The number of aromatic nitrogens is 2. The van der Waals surface area contributed by atoms with E-state index >= 15 is 0 Å². The zero-order chi connectivity index (χ0) is 17.5. The lowest BCUT2D eigenvalue weighted by Crippen LogP contribution is -2.46. The van der Waals surface area contributed by atoms with Crippen molar-refractivity contribution in [1.29, 1.82) is 0 Å². The van der Waals surface area contributed by atoms with Crippen LogP contribution in [0, 0.1) is 10.1 Å². The molecule has 1 atom stereocenters. The number of H-pyrrole nitrogens is 1. The van der Waals surface area contributed by atoms with Gasteiger partial charge in [0.25, 0.3) is 0 Å². The first-order valence-corrected chi connectivity index (χ1v) is 7.76. The van der Waals surface area contributed by atoms with Crippen molar-refractivity contribution >= 4 is 11.0 Å². The lowest BCUT2D eigenvalue weighted by molar-refractivity contribution is -0.484. The standard InChI is InChI=1S/C15H24N6O3/c1-16-14(10-21(22)23)17-6-7-24-11-4-5-12-13(8-11)19-15(18-12)9-20(2)3/h4-5,8,14,16-17H,6-7,9-10H2,1-3H3,(H,18,19). The number of hydrogen-bond acceptors (Lipinski definition) is 7. The molecular weight excluding hydrogens is 312 g/mol. The Labute approximate surface area is 140 Å². The van der Waals surface area contributed by atoms with Gasteiger partial charge < -0.3 is 14.6 Å². The maximum Gasteiger partial charge on any atom is 0.231 e. The molecule has 2 aromatic rings. The van der Waals surface area contributed by atoms with E-state index in [0.717, 1.165) is 29.2 Å². The first-order chi connectivity index (χ1) is 11.5. The van der Waals surface area contributed by atoms with Crippen LogP contribution in [0.15, 0.2) is 18.2 Å². The first kappa shape index (κ1) is 18.1. The summed E-state index contributed by atoms with van der Waals surface area (Å²) in [6.45, 7) is 1.49. The largest absolute Gasteiger partial charge is 0.492 e. The summed E-state index contributed by atoms with van der Waals surface area (Å²) in [4.78, 5) is 20.0. The normalized spacial score (nSPS) is 12.7. The molecule has 0 fully saturated rings. The Hall–Kier alpha value is -2.23. The van der Waals surface area contributed by atoms with Crippen LogP contribution < -0.4 is 15.4 Å². The molecule has 0 amide bonds. The molecule has 2 rings (SSSR count). The Morgan fingerprint density at radius 2 is 2.25 bits per heavy atom. The fourth-order valence-electron chi connectivity index (χ4n) is 2.31. The third-order valence-electron chi connectivity index (χ3n) is 3.41. The Morgan fingerprint density at radius 3 is 2.92 bits per heavy atom. The maximum atomic E-state index is 10.5. The van der Waals surface area contributed by atoms with Gasteiger partial charge in [-0.15, -0.1) is 0 Å². The second-order valence-corrected chi connectivity index (χ2v) is 5.76. The smallest absolute Gasteiger partial charge is 0.231 e. The summed E-state index contributed by atoms with van der Waals surface area (Å²) < 4.78 is 5.69. The van der Waals surface area contributed by atoms with Crippen molar-refractivity contribution in [2.75, 3.05) is 40.8 Å². The third kappa shape index (κ3) is 5.44. The van der Waals surface area contributed by atoms with Crippen molar-refractivity contribution < 1.29 is 9.66 Å². The molecule has 1 heterocycles. The van der Waals surface area contributed by atoms with Crippen LogP contribution in [0.5, 0.6) is 5.75 Å². The molecule has 9 nitrogen and oxygen atoms in total.